The summed E-state index contributed by atoms with van der Waals surface area (Å²) >= 11 is 0. The first-order chi connectivity index (χ1) is 8.37. The molecule has 0 radical (unpaired) electrons. The van der Waals surface area contributed by atoms with Crippen LogP contribution in [0.25, 0.3) is 0 Å². The van der Waals surface area contributed by atoms with Crippen LogP contribution in [0, 0.1) is 11.7 Å². The molecule has 0 aliphatic carbocycles. The Kier molecular flexibility index (Phi) is 5.29. The molecule has 0 aliphatic rings. The molecule has 18 heavy (non-hydrogen) atoms. The van der Waals surface area contributed by atoms with Crippen LogP contribution >= 0.6 is 0 Å². The number of rotatable bonds is 6. The monoisotopic (exact) mass is 252 g/mol. The Morgan fingerprint density at radius 2 is 2.06 bits per heavy atom. The number of likely N-dealkylation sites (N-methyl/N-ethyl adjacent to an activating group) is 1. The average Bonchev–Trinajstić information content (AvgIpc) is 2.27. The van der Waals surface area contributed by atoms with Crippen molar-refractivity contribution in [1.82, 2.24) is 4.90 Å². The highest BCUT2D eigenvalue weighted by Crippen LogP contribution is 2.23. The molecule has 0 aromatic heterocycles. The summed E-state index contributed by atoms with van der Waals surface area (Å²) in [5, 5.41) is 0. The Hall–Kier alpha value is -0.930. The average molecular weight is 252 g/mol. The van der Waals surface area contributed by atoms with Gasteiger partial charge in [0.1, 0.15) is 5.82 Å². The van der Waals surface area contributed by atoms with Crippen molar-refractivity contribution in [2.24, 2.45) is 11.7 Å². The molecule has 102 valence electrons. The maximum absolute atomic E-state index is 13.2. The van der Waals surface area contributed by atoms with Crippen LogP contribution < -0.4 is 5.73 Å². The predicted molar refractivity (Wildman–Crippen MR) is 74.8 cm³/mol. The molecule has 1 aromatic rings. The lowest BCUT2D eigenvalue weighted by Gasteiger charge is -2.39. The van der Waals surface area contributed by atoms with Crippen molar-refractivity contribution in [2.75, 3.05) is 13.6 Å². The minimum absolute atomic E-state index is 0.0412. The fourth-order valence-corrected chi connectivity index (χ4v) is 2.37. The first kappa shape index (κ1) is 15.1. The second-order valence-corrected chi connectivity index (χ2v) is 5.79. The van der Waals surface area contributed by atoms with Crippen molar-refractivity contribution in [2.45, 2.75) is 39.3 Å². The molecule has 2 N–H and O–H groups in total. The Balaban J connectivity index is 2.76. The molecule has 2 nitrogen and oxygen atoms in total. The zero-order valence-electron chi connectivity index (χ0n) is 11.9. The van der Waals surface area contributed by atoms with Gasteiger partial charge in [0, 0.05) is 18.6 Å². The zero-order valence-corrected chi connectivity index (χ0v) is 11.9. The van der Waals surface area contributed by atoms with Crippen LogP contribution in [0.1, 0.15) is 32.8 Å². The predicted octanol–water partition coefficient (Wildman–Crippen LogP) is 3.02. The molecule has 1 unspecified atom stereocenters. The summed E-state index contributed by atoms with van der Waals surface area (Å²) in [5.41, 5.74) is 6.87. The van der Waals surface area contributed by atoms with Crippen LogP contribution in [0.5, 0.6) is 0 Å². The van der Waals surface area contributed by atoms with Gasteiger partial charge in [0.05, 0.1) is 0 Å². The smallest absolute Gasteiger partial charge is 0.123 e. The molecule has 0 aliphatic heterocycles. The molecular formula is C15H25FN2. The Bertz CT molecular complexity index is 379. The van der Waals surface area contributed by atoms with Crippen molar-refractivity contribution in [3.05, 3.63) is 35.6 Å². The van der Waals surface area contributed by atoms with Crippen LogP contribution in [0.4, 0.5) is 4.39 Å². The van der Waals surface area contributed by atoms with E-state index >= 15 is 0 Å². The fraction of sp³-hybridized carbons (Fsp3) is 0.600. The number of hydrogen-bond acceptors (Lipinski definition) is 2. The normalized spacial score (nSPS) is 15.1. The third-order valence-corrected chi connectivity index (χ3v) is 3.52. The lowest BCUT2D eigenvalue weighted by Crippen LogP contribution is -2.50. The quantitative estimate of drug-likeness (QED) is 0.843. The van der Waals surface area contributed by atoms with E-state index in [9.17, 15) is 4.39 Å². The highest BCUT2D eigenvalue weighted by Gasteiger charge is 2.28. The SMILES string of the molecule is CC(C)CC(C)(CN)N(C)Cc1cccc(F)c1. The van der Waals surface area contributed by atoms with E-state index < -0.39 is 0 Å². The molecule has 1 rings (SSSR count). The van der Waals surface area contributed by atoms with Gasteiger partial charge in [-0.3, -0.25) is 4.90 Å². The van der Waals surface area contributed by atoms with E-state index in [1.807, 2.05) is 6.07 Å². The third-order valence-electron chi connectivity index (χ3n) is 3.52. The largest absolute Gasteiger partial charge is 0.329 e. The van der Waals surface area contributed by atoms with Crippen LogP contribution in [0.3, 0.4) is 0 Å². The van der Waals surface area contributed by atoms with E-state index in [0.717, 1.165) is 18.5 Å². The number of benzene rings is 1. The van der Waals surface area contributed by atoms with Gasteiger partial charge in [-0.1, -0.05) is 26.0 Å². The molecule has 1 aromatic carbocycles. The summed E-state index contributed by atoms with van der Waals surface area (Å²) in [6.07, 6.45) is 1.04. The summed E-state index contributed by atoms with van der Waals surface area (Å²) in [7, 11) is 2.06. The minimum atomic E-state index is -0.181. The topological polar surface area (TPSA) is 29.3 Å². The molecule has 0 saturated carbocycles. The third kappa shape index (κ3) is 4.07. The molecule has 0 saturated heterocycles. The van der Waals surface area contributed by atoms with Gasteiger partial charge in [-0.25, -0.2) is 4.39 Å². The summed E-state index contributed by atoms with van der Waals surface area (Å²) < 4.78 is 13.2. The van der Waals surface area contributed by atoms with Crippen LogP contribution in [0.15, 0.2) is 24.3 Å². The number of nitrogens with zero attached hydrogens (tertiary/aromatic N) is 1. The highest BCUT2D eigenvalue weighted by molar-refractivity contribution is 5.16. The van der Waals surface area contributed by atoms with Gasteiger partial charge >= 0.3 is 0 Å². The van der Waals surface area contributed by atoms with Gasteiger partial charge in [-0.05, 0) is 44.0 Å². The molecule has 3 heteroatoms. The van der Waals surface area contributed by atoms with Crippen LogP contribution in [-0.4, -0.2) is 24.0 Å². The van der Waals surface area contributed by atoms with E-state index in [1.54, 1.807) is 12.1 Å². The number of nitrogens with two attached hydrogens (primary N) is 1. The molecule has 0 bridgehead atoms. The minimum Gasteiger partial charge on any atom is -0.329 e. The van der Waals surface area contributed by atoms with Crippen molar-refractivity contribution < 1.29 is 4.39 Å². The highest BCUT2D eigenvalue weighted by atomic mass is 19.1. The van der Waals surface area contributed by atoms with Gasteiger partial charge in [-0.15, -0.1) is 0 Å². The van der Waals surface area contributed by atoms with Gasteiger partial charge in [0.25, 0.3) is 0 Å². The Labute approximate surface area is 110 Å². The molecular weight excluding hydrogens is 227 g/mol. The molecule has 0 amide bonds. The maximum Gasteiger partial charge on any atom is 0.123 e. The van der Waals surface area contributed by atoms with E-state index in [2.05, 4.69) is 32.7 Å². The van der Waals surface area contributed by atoms with E-state index in [0.29, 0.717) is 12.5 Å². The van der Waals surface area contributed by atoms with Gasteiger partial charge in [0.15, 0.2) is 0 Å². The van der Waals surface area contributed by atoms with Crippen molar-refractivity contribution in [3.8, 4) is 0 Å². The van der Waals surface area contributed by atoms with Crippen molar-refractivity contribution in [1.29, 1.82) is 0 Å². The molecule has 0 heterocycles. The zero-order chi connectivity index (χ0) is 13.8. The number of halogens is 1. The van der Waals surface area contributed by atoms with Gasteiger partial charge in [-0.2, -0.15) is 0 Å². The first-order valence-electron chi connectivity index (χ1n) is 6.53. The van der Waals surface area contributed by atoms with Crippen LogP contribution in [-0.2, 0) is 6.54 Å². The molecule has 1 atom stereocenters. The van der Waals surface area contributed by atoms with Gasteiger partial charge < -0.3 is 5.73 Å². The first-order valence-corrected chi connectivity index (χ1v) is 6.53. The fourth-order valence-electron chi connectivity index (χ4n) is 2.37. The second kappa shape index (κ2) is 6.30. The molecule has 0 spiro atoms. The number of hydrogen-bond donors (Lipinski definition) is 1. The Morgan fingerprint density at radius 3 is 2.56 bits per heavy atom. The van der Waals surface area contributed by atoms with E-state index in [-0.39, 0.29) is 11.4 Å². The van der Waals surface area contributed by atoms with Gasteiger partial charge in [0.2, 0.25) is 0 Å². The van der Waals surface area contributed by atoms with Crippen LogP contribution in [0.2, 0.25) is 0 Å². The summed E-state index contributed by atoms with van der Waals surface area (Å²) in [5.74, 6) is 0.410. The Morgan fingerprint density at radius 1 is 1.39 bits per heavy atom. The van der Waals surface area contributed by atoms with E-state index in [1.165, 1.54) is 6.07 Å². The summed E-state index contributed by atoms with van der Waals surface area (Å²) in [6, 6.07) is 6.76. The van der Waals surface area contributed by atoms with Crippen molar-refractivity contribution >= 4 is 0 Å². The summed E-state index contributed by atoms with van der Waals surface area (Å²) in [4.78, 5) is 2.22. The lowest BCUT2D eigenvalue weighted by molar-refractivity contribution is 0.111. The molecule has 0 fully saturated rings. The lowest BCUT2D eigenvalue weighted by atomic mass is 9.89. The van der Waals surface area contributed by atoms with Crippen molar-refractivity contribution in [3.63, 3.8) is 0 Å². The standard InChI is InChI=1S/C15H25FN2/c1-12(2)9-15(3,11-17)18(4)10-13-6-5-7-14(16)8-13/h5-8,12H,9-11,17H2,1-4H3. The maximum atomic E-state index is 13.2. The second-order valence-electron chi connectivity index (χ2n) is 5.79. The van der Waals surface area contributed by atoms with E-state index in [4.69, 9.17) is 5.73 Å². The summed E-state index contributed by atoms with van der Waals surface area (Å²) in [6.45, 7) is 7.90.